The summed E-state index contributed by atoms with van der Waals surface area (Å²) in [4.78, 5) is 6.82. The highest BCUT2D eigenvalue weighted by atomic mass is 16.5. The predicted molar refractivity (Wildman–Crippen MR) is 93.1 cm³/mol. The number of methoxy groups -OCH3 is 1. The Bertz CT molecular complexity index is 666. The number of aromatic nitrogens is 1. The first-order chi connectivity index (χ1) is 11.2. The van der Waals surface area contributed by atoms with Gasteiger partial charge in [0.25, 0.3) is 0 Å². The number of nitrogen functional groups attached to an aromatic ring is 1. The minimum atomic E-state index is 0.359. The summed E-state index contributed by atoms with van der Waals surface area (Å²) in [6, 6.07) is 12.3. The average molecular weight is 312 g/mol. The first-order valence-electron chi connectivity index (χ1n) is 8.03. The van der Waals surface area contributed by atoms with Gasteiger partial charge in [0.15, 0.2) is 0 Å². The lowest BCUT2D eigenvalue weighted by Crippen LogP contribution is -2.39. The number of anilines is 1. The van der Waals surface area contributed by atoms with Gasteiger partial charge in [-0.15, -0.1) is 0 Å². The van der Waals surface area contributed by atoms with Crippen LogP contribution in [-0.2, 0) is 6.54 Å². The first-order valence-corrected chi connectivity index (χ1v) is 8.03. The van der Waals surface area contributed by atoms with E-state index in [2.05, 4.69) is 28.1 Å². The molecule has 1 aromatic heterocycles. The molecule has 5 nitrogen and oxygen atoms in total. The average Bonchev–Trinajstić information content (AvgIpc) is 2.57. The number of pyridine rings is 1. The second-order valence-corrected chi connectivity index (χ2v) is 6.10. The molecule has 2 heterocycles. The van der Waals surface area contributed by atoms with Crippen LogP contribution in [0.15, 0.2) is 36.4 Å². The van der Waals surface area contributed by atoms with Crippen molar-refractivity contribution in [2.75, 3.05) is 25.9 Å². The molecule has 0 amide bonds. The molecule has 0 unspecified atom stereocenters. The van der Waals surface area contributed by atoms with Crippen molar-refractivity contribution >= 4 is 5.82 Å². The molecule has 1 aliphatic rings. The minimum Gasteiger partial charge on any atom is -0.496 e. The molecule has 0 bridgehead atoms. The molecule has 1 aliphatic heterocycles. The van der Waals surface area contributed by atoms with Crippen molar-refractivity contribution in [2.24, 2.45) is 5.73 Å². The molecule has 1 saturated heterocycles. The van der Waals surface area contributed by atoms with Gasteiger partial charge in [-0.2, -0.15) is 0 Å². The van der Waals surface area contributed by atoms with Crippen molar-refractivity contribution < 1.29 is 4.74 Å². The molecule has 0 spiro atoms. The zero-order valence-electron chi connectivity index (χ0n) is 13.5. The number of benzene rings is 1. The van der Waals surface area contributed by atoms with Crippen molar-refractivity contribution in [1.82, 2.24) is 9.88 Å². The van der Waals surface area contributed by atoms with Crippen LogP contribution in [0, 0.1) is 0 Å². The van der Waals surface area contributed by atoms with Crippen molar-refractivity contribution in [3.05, 3.63) is 42.0 Å². The fourth-order valence-corrected chi connectivity index (χ4v) is 3.02. The summed E-state index contributed by atoms with van der Waals surface area (Å²) in [5.41, 5.74) is 14.8. The molecule has 0 aliphatic carbocycles. The summed E-state index contributed by atoms with van der Waals surface area (Å²) >= 11 is 0. The second-order valence-electron chi connectivity index (χ2n) is 6.10. The Morgan fingerprint density at radius 2 is 2.00 bits per heavy atom. The van der Waals surface area contributed by atoms with Crippen LogP contribution in [0.2, 0.25) is 0 Å². The molecular formula is C18H24N4O. The van der Waals surface area contributed by atoms with E-state index in [0.29, 0.717) is 11.9 Å². The number of piperidine rings is 1. The van der Waals surface area contributed by atoms with Crippen LogP contribution in [0.3, 0.4) is 0 Å². The van der Waals surface area contributed by atoms with Gasteiger partial charge in [0, 0.05) is 18.2 Å². The van der Waals surface area contributed by atoms with Gasteiger partial charge >= 0.3 is 0 Å². The fourth-order valence-electron chi connectivity index (χ4n) is 3.02. The topological polar surface area (TPSA) is 77.4 Å². The Balaban J connectivity index is 1.79. The Morgan fingerprint density at radius 3 is 2.70 bits per heavy atom. The third-order valence-electron chi connectivity index (χ3n) is 4.35. The zero-order valence-corrected chi connectivity index (χ0v) is 13.5. The highest BCUT2D eigenvalue weighted by Gasteiger charge is 2.17. The molecule has 122 valence electrons. The van der Waals surface area contributed by atoms with Gasteiger partial charge < -0.3 is 16.2 Å². The van der Waals surface area contributed by atoms with Crippen molar-refractivity contribution in [3.8, 4) is 17.0 Å². The molecule has 0 saturated carbocycles. The van der Waals surface area contributed by atoms with Gasteiger partial charge in [0.05, 0.1) is 12.8 Å². The molecule has 1 fully saturated rings. The summed E-state index contributed by atoms with van der Waals surface area (Å²) in [6.07, 6.45) is 2.14. The molecule has 3 rings (SSSR count). The molecule has 1 aromatic carbocycles. The molecule has 5 heteroatoms. The number of nitrogens with zero attached hydrogens (tertiary/aromatic N) is 2. The van der Waals surface area contributed by atoms with Crippen molar-refractivity contribution in [3.63, 3.8) is 0 Å². The summed E-state index contributed by atoms with van der Waals surface area (Å²) in [6.45, 7) is 3.04. The van der Waals surface area contributed by atoms with E-state index in [1.807, 2.05) is 12.1 Å². The largest absolute Gasteiger partial charge is 0.496 e. The summed E-state index contributed by atoms with van der Waals surface area (Å²) in [5.74, 6) is 1.34. The molecule has 23 heavy (non-hydrogen) atoms. The minimum absolute atomic E-state index is 0.359. The van der Waals surface area contributed by atoms with Crippen LogP contribution in [0.1, 0.15) is 18.4 Å². The van der Waals surface area contributed by atoms with Crippen LogP contribution in [0.25, 0.3) is 11.3 Å². The van der Waals surface area contributed by atoms with Crippen LogP contribution < -0.4 is 16.2 Å². The van der Waals surface area contributed by atoms with E-state index in [4.69, 9.17) is 16.2 Å². The van der Waals surface area contributed by atoms with Gasteiger partial charge in [-0.25, -0.2) is 4.98 Å². The third kappa shape index (κ3) is 3.81. The number of likely N-dealkylation sites (tertiary alicyclic amines) is 1. The second kappa shape index (κ2) is 6.98. The monoisotopic (exact) mass is 312 g/mol. The van der Waals surface area contributed by atoms with Gasteiger partial charge in [0.2, 0.25) is 0 Å². The fraction of sp³-hybridized carbons (Fsp3) is 0.389. The number of hydrogen-bond acceptors (Lipinski definition) is 5. The van der Waals surface area contributed by atoms with Gasteiger partial charge in [-0.1, -0.05) is 12.1 Å². The van der Waals surface area contributed by atoms with E-state index in [9.17, 15) is 0 Å². The van der Waals surface area contributed by atoms with E-state index >= 15 is 0 Å². The summed E-state index contributed by atoms with van der Waals surface area (Å²) in [5, 5.41) is 0. The van der Waals surface area contributed by atoms with Crippen LogP contribution in [0.5, 0.6) is 5.75 Å². The van der Waals surface area contributed by atoms with Gasteiger partial charge in [-0.05, 0) is 55.8 Å². The molecule has 0 radical (unpaired) electrons. The van der Waals surface area contributed by atoms with Crippen molar-refractivity contribution in [2.45, 2.75) is 25.4 Å². The molecule has 0 atom stereocenters. The third-order valence-corrected chi connectivity index (χ3v) is 4.35. The van der Waals surface area contributed by atoms with Gasteiger partial charge in [-0.3, -0.25) is 4.90 Å². The maximum Gasteiger partial charge on any atom is 0.128 e. The number of rotatable bonds is 4. The number of nitrogens with two attached hydrogens (primary N) is 2. The lowest BCUT2D eigenvalue weighted by Gasteiger charge is -2.30. The quantitative estimate of drug-likeness (QED) is 0.905. The van der Waals surface area contributed by atoms with E-state index < -0.39 is 0 Å². The van der Waals surface area contributed by atoms with Crippen LogP contribution in [0.4, 0.5) is 5.82 Å². The highest BCUT2D eigenvalue weighted by molar-refractivity contribution is 5.68. The number of ether oxygens (including phenoxy) is 1. The van der Waals surface area contributed by atoms with Crippen molar-refractivity contribution in [1.29, 1.82) is 0 Å². The Morgan fingerprint density at radius 1 is 1.22 bits per heavy atom. The zero-order chi connectivity index (χ0) is 16.2. The normalized spacial score (nSPS) is 16.4. The Kier molecular flexibility index (Phi) is 4.79. The molecular weight excluding hydrogens is 288 g/mol. The predicted octanol–water partition coefficient (Wildman–Crippen LogP) is 2.26. The van der Waals surface area contributed by atoms with E-state index in [0.717, 1.165) is 49.5 Å². The maximum absolute atomic E-state index is 5.97. The standard InChI is InChI=1S/C18H24N4O/c1-23-17-11-13(12-22-9-7-14(19)8-10-22)5-6-15(17)16-3-2-4-18(20)21-16/h2-6,11,14H,7-10,12,19H2,1H3,(H2,20,21). The van der Waals surface area contributed by atoms with Crippen LogP contribution in [-0.4, -0.2) is 36.1 Å². The van der Waals surface area contributed by atoms with Gasteiger partial charge in [0.1, 0.15) is 11.6 Å². The molecule has 4 N–H and O–H groups in total. The van der Waals surface area contributed by atoms with E-state index in [-0.39, 0.29) is 0 Å². The Labute approximate surface area is 137 Å². The SMILES string of the molecule is COc1cc(CN2CCC(N)CC2)ccc1-c1cccc(N)n1. The number of hydrogen-bond donors (Lipinski definition) is 2. The highest BCUT2D eigenvalue weighted by Crippen LogP contribution is 2.30. The van der Waals surface area contributed by atoms with Crippen LogP contribution >= 0.6 is 0 Å². The van der Waals surface area contributed by atoms with E-state index in [1.54, 1.807) is 13.2 Å². The first kappa shape index (κ1) is 15.8. The molecule has 2 aromatic rings. The maximum atomic E-state index is 5.97. The Hall–Kier alpha value is -2.11. The summed E-state index contributed by atoms with van der Waals surface area (Å²) < 4.78 is 5.57. The lowest BCUT2D eigenvalue weighted by atomic mass is 10.0. The summed E-state index contributed by atoms with van der Waals surface area (Å²) in [7, 11) is 1.69. The van der Waals surface area contributed by atoms with E-state index in [1.165, 1.54) is 5.56 Å². The smallest absolute Gasteiger partial charge is 0.128 e. The lowest BCUT2D eigenvalue weighted by molar-refractivity contribution is 0.205.